The van der Waals surface area contributed by atoms with E-state index < -0.39 is 0 Å². The van der Waals surface area contributed by atoms with Gasteiger partial charge in [0.1, 0.15) is 0 Å². The van der Waals surface area contributed by atoms with Gasteiger partial charge in [0.2, 0.25) is 5.76 Å². The van der Waals surface area contributed by atoms with E-state index in [0.29, 0.717) is 30.5 Å². The average Bonchev–Trinajstić information content (AvgIpc) is 2.75. The SMILES string of the molecule is Cc1cc(C(=O)N2CCC(CO)CC2)on1. The lowest BCUT2D eigenvalue weighted by Gasteiger charge is -2.30. The molecule has 0 aliphatic carbocycles. The highest BCUT2D eigenvalue weighted by atomic mass is 16.5. The van der Waals surface area contributed by atoms with Crippen LogP contribution in [0.2, 0.25) is 0 Å². The van der Waals surface area contributed by atoms with Crippen LogP contribution in [0, 0.1) is 12.8 Å². The lowest BCUT2D eigenvalue weighted by molar-refractivity contribution is 0.0611. The summed E-state index contributed by atoms with van der Waals surface area (Å²) in [6.45, 7) is 3.37. The molecule has 1 aliphatic heterocycles. The molecule has 1 saturated heterocycles. The molecule has 5 heteroatoms. The maximum absolute atomic E-state index is 11.9. The highest BCUT2D eigenvalue weighted by Gasteiger charge is 2.25. The Labute approximate surface area is 94.0 Å². The molecule has 0 aromatic carbocycles. The molecule has 1 fully saturated rings. The summed E-state index contributed by atoms with van der Waals surface area (Å²) < 4.78 is 4.94. The standard InChI is InChI=1S/C11H16N2O3/c1-8-6-10(16-12-8)11(15)13-4-2-9(7-14)3-5-13/h6,9,14H,2-5,7H2,1H3. The van der Waals surface area contributed by atoms with Crippen LogP contribution < -0.4 is 0 Å². The number of aliphatic hydroxyl groups is 1. The van der Waals surface area contributed by atoms with Crippen molar-refractivity contribution in [1.82, 2.24) is 10.1 Å². The zero-order chi connectivity index (χ0) is 11.5. The summed E-state index contributed by atoms with van der Waals surface area (Å²) in [5.41, 5.74) is 0.716. The maximum atomic E-state index is 11.9. The van der Waals surface area contributed by atoms with Gasteiger partial charge in [0.25, 0.3) is 5.91 Å². The molecule has 88 valence electrons. The van der Waals surface area contributed by atoms with Gasteiger partial charge in [0.05, 0.1) is 5.69 Å². The van der Waals surface area contributed by atoms with Gasteiger partial charge >= 0.3 is 0 Å². The van der Waals surface area contributed by atoms with Crippen LogP contribution in [0.1, 0.15) is 29.1 Å². The molecule has 1 N–H and O–H groups in total. The third-order valence-corrected chi connectivity index (χ3v) is 3.00. The number of rotatable bonds is 2. The van der Waals surface area contributed by atoms with Gasteiger partial charge < -0.3 is 14.5 Å². The van der Waals surface area contributed by atoms with E-state index in [1.54, 1.807) is 17.9 Å². The summed E-state index contributed by atoms with van der Waals surface area (Å²) in [6, 6.07) is 1.65. The van der Waals surface area contributed by atoms with Crippen molar-refractivity contribution in [1.29, 1.82) is 0 Å². The third-order valence-electron chi connectivity index (χ3n) is 3.00. The molecule has 1 aromatic rings. The molecule has 0 atom stereocenters. The van der Waals surface area contributed by atoms with Crippen molar-refractivity contribution in [2.45, 2.75) is 19.8 Å². The monoisotopic (exact) mass is 224 g/mol. The molecule has 1 aliphatic rings. The Kier molecular flexibility index (Phi) is 3.24. The minimum absolute atomic E-state index is 0.100. The molecule has 5 nitrogen and oxygen atoms in total. The van der Waals surface area contributed by atoms with Crippen LogP contribution in [0.5, 0.6) is 0 Å². The van der Waals surface area contributed by atoms with E-state index in [0.717, 1.165) is 12.8 Å². The van der Waals surface area contributed by atoms with Crippen LogP contribution in [0.15, 0.2) is 10.6 Å². The Morgan fingerprint density at radius 2 is 2.31 bits per heavy atom. The van der Waals surface area contributed by atoms with Crippen molar-refractivity contribution in [3.63, 3.8) is 0 Å². The van der Waals surface area contributed by atoms with Crippen molar-refractivity contribution >= 4 is 5.91 Å². The Hall–Kier alpha value is -1.36. The average molecular weight is 224 g/mol. The van der Waals surface area contributed by atoms with Crippen LogP contribution in [-0.4, -0.2) is 40.8 Å². The lowest BCUT2D eigenvalue weighted by Crippen LogP contribution is -2.39. The van der Waals surface area contributed by atoms with Crippen molar-refractivity contribution in [3.8, 4) is 0 Å². The van der Waals surface area contributed by atoms with Gasteiger partial charge in [-0.1, -0.05) is 5.16 Å². The first kappa shape index (κ1) is 11.1. The van der Waals surface area contributed by atoms with Crippen molar-refractivity contribution in [3.05, 3.63) is 17.5 Å². The van der Waals surface area contributed by atoms with E-state index in [1.165, 1.54) is 0 Å². The number of hydrogen-bond acceptors (Lipinski definition) is 4. The summed E-state index contributed by atoms with van der Waals surface area (Å²) in [5, 5.41) is 12.7. The molecule has 0 unspecified atom stereocenters. The summed E-state index contributed by atoms with van der Waals surface area (Å²) >= 11 is 0. The zero-order valence-corrected chi connectivity index (χ0v) is 9.35. The van der Waals surface area contributed by atoms with Gasteiger partial charge in [-0.15, -0.1) is 0 Å². The molecule has 16 heavy (non-hydrogen) atoms. The van der Waals surface area contributed by atoms with E-state index >= 15 is 0 Å². The molecular formula is C11H16N2O3. The van der Waals surface area contributed by atoms with Gasteiger partial charge in [0, 0.05) is 25.8 Å². The van der Waals surface area contributed by atoms with E-state index in [4.69, 9.17) is 9.63 Å². The highest BCUT2D eigenvalue weighted by Crippen LogP contribution is 2.18. The van der Waals surface area contributed by atoms with Crippen molar-refractivity contribution in [2.24, 2.45) is 5.92 Å². The van der Waals surface area contributed by atoms with Crippen LogP contribution in [0.25, 0.3) is 0 Å². The van der Waals surface area contributed by atoms with Gasteiger partial charge in [-0.25, -0.2) is 0 Å². The first-order chi connectivity index (χ1) is 7.70. The Balaban J connectivity index is 1.96. The van der Waals surface area contributed by atoms with Crippen LogP contribution in [-0.2, 0) is 0 Å². The van der Waals surface area contributed by atoms with Gasteiger partial charge in [-0.05, 0) is 25.7 Å². The molecule has 2 heterocycles. The van der Waals surface area contributed by atoms with Crippen LogP contribution in [0.3, 0.4) is 0 Å². The largest absolute Gasteiger partial charge is 0.396 e. The van der Waals surface area contributed by atoms with E-state index in [2.05, 4.69) is 5.16 Å². The fraction of sp³-hybridized carbons (Fsp3) is 0.636. The van der Waals surface area contributed by atoms with E-state index in [1.807, 2.05) is 0 Å². The second-order valence-corrected chi connectivity index (χ2v) is 4.25. The van der Waals surface area contributed by atoms with Gasteiger partial charge in [-0.3, -0.25) is 4.79 Å². The Morgan fingerprint density at radius 3 is 2.81 bits per heavy atom. The Bertz CT molecular complexity index is 367. The van der Waals surface area contributed by atoms with Crippen LogP contribution in [0.4, 0.5) is 0 Å². The molecule has 0 radical (unpaired) electrons. The maximum Gasteiger partial charge on any atom is 0.292 e. The highest BCUT2D eigenvalue weighted by molar-refractivity contribution is 5.91. The zero-order valence-electron chi connectivity index (χ0n) is 9.35. The molecule has 1 aromatic heterocycles. The number of nitrogens with zero attached hydrogens (tertiary/aromatic N) is 2. The fourth-order valence-corrected chi connectivity index (χ4v) is 1.94. The molecule has 0 saturated carbocycles. The van der Waals surface area contributed by atoms with Crippen LogP contribution >= 0.6 is 0 Å². The van der Waals surface area contributed by atoms with E-state index in [9.17, 15) is 4.79 Å². The number of aliphatic hydroxyl groups excluding tert-OH is 1. The number of hydrogen-bond donors (Lipinski definition) is 1. The minimum Gasteiger partial charge on any atom is -0.396 e. The second-order valence-electron chi connectivity index (χ2n) is 4.25. The number of aromatic nitrogens is 1. The van der Waals surface area contributed by atoms with Crippen molar-refractivity contribution in [2.75, 3.05) is 19.7 Å². The number of carbonyl (C=O) groups is 1. The number of likely N-dealkylation sites (tertiary alicyclic amines) is 1. The third kappa shape index (κ3) is 2.24. The first-order valence-corrected chi connectivity index (χ1v) is 5.54. The normalized spacial score (nSPS) is 17.8. The first-order valence-electron chi connectivity index (χ1n) is 5.54. The fourth-order valence-electron chi connectivity index (χ4n) is 1.94. The lowest BCUT2D eigenvalue weighted by atomic mass is 9.98. The molecular weight excluding hydrogens is 208 g/mol. The predicted molar refractivity (Wildman–Crippen MR) is 57.0 cm³/mol. The predicted octanol–water partition coefficient (Wildman–Crippen LogP) is 0.828. The Morgan fingerprint density at radius 1 is 1.62 bits per heavy atom. The molecule has 2 rings (SSSR count). The molecule has 1 amide bonds. The summed E-state index contributed by atoms with van der Waals surface area (Å²) in [5.74, 6) is 0.539. The molecule has 0 bridgehead atoms. The smallest absolute Gasteiger partial charge is 0.292 e. The van der Waals surface area contributed by atoms with Crippen molar-refractivity contribution < 1.29 is 14.4 Å². The summed E-state index contributed by atoms with van der Waals surface area (Å²) in [6.07, 6.45) is 1.71. The van der Waals surface area contributed by atoms with Gasteiger partial charge in [-0.2, -0.15) is 0 Å². The second kappa shape index (κ2) is 4.65. The van der Waals surface area contributed by atoms with Gasteiger partial charge in [0.15, 0.2) is 0 Å². The van der Waals surface area contributed by atoms with E-state index in [-0.39, 0.29) is 12.5 Å². The number of amides is 1. The molecule has 0 spiro atoms. The number of carbonyl (C=O) groups excluding carboxylic acids is 1. The summed E-state index contributed by atoms with van der Waals surface area (Å²) in [4.78, 5) is 13.7. The summed E-state index contributed by atoms with van der Waals surface area (Å²) in [7, 11) is 0. The topological polar surface area (TPSA) is 66.6 Å². The quantitative estimate of drug-likeness (QED) is 0.808. The minimum atomic E-state index is -0.100. The number of piperidine rings is 1. The number of aryl methyl sites for hydroxylation is 1.